The summed E-state index contributed by atoms with van der Waals surface area (Å²) in [5, 5.41) is 1.09. The fourth-order valence-electron chi connectivity index (χ4n) is 4.31. The number of hydrogen-bond donors (Lipinski definition) is 0. The summed E-state index contributed by atoms with van der Waals surface area (Å²) in [6, 6.07) is 13.1. The number of rotatable bonds is 6. The first-order valence-corrected chi connectivity index (χ1v) is 12.1. The molecule has 2 nitrogen and oxygen atoms in total. The van der Waals surface area contributed by atoms with Gasteiger partial charge < -0.3 is 0 Å². The Labute approximate surface area is 197 Å². The quantitative estimate of drug-likeness (QED) is 0.327. The molecule has 0 saturated heterocycles. The highest BCUT2D eigenvalue weighted by atomic mass is 35.5. The van der Waals surface area contributed by atoms with Gasteiger partial charge in [0.05, 0.1) is 0 Å². The molecule has 4 heteroatoms. The zero-order valence-electron chi connectivity index (χ0n) is 20.0. The molecule has 1 heterocycles. The van der Waals surface area contributed by atoms with Gasteiger partial charge in [-0.05, 0) is 46.9 Å². The van der Waals surface area contributed by atoms with Crippen LogP contribution in [0.3, 0.4) is 0 Å². The Kier molecular flexibility index (Phi) is 7.23. The third-order valence-electron chi connectivity index (χ3n) is 5.99. The van der Waals surface area contributed by atoms with E-state index in [0.29, 0.717) is 34.0 Å². The van der Waals surface area contributed by atoms with E-state index in [1.165, 1.54) is 22.3 Å². The van der Waals surface area contributed by atoms with E-state index in [-0.39, 0.29) is 0 Å². The molecule has 0 aliphatic rings. The van der Waals surface area contributed by atoms with Crippen molar-refractivity contribution in [1.82, 2.24) is 4.57 Å². The molecule has 0 bridgehead atoms. The predicted octanol–water partition coefficient (Wildman–Crippen LogP) is 8.55. The van der Waals surface area contributed by atoms with E-state index < -0.39 is 0 Å². The highest BCUT2D eigenvalue weighted by Gasteiger charge is 2.30. The van der Waals surface area contributed by atoms with Crippen LogP contribution in [0.15, 0.2) is 42.7 Å². The van der Waals surface area contributed by atoms with Gasteiger partial charge in [-0.15, -0.1) is 0 Å². The Morgan fingerprint density at radius 2 is 1.03 bits per heavy atom. The first-order chi connectivity index (χ1) is 14.6. The number of nitrogens with zero attached hydrogens (tertiary/aromatic N) is 2. The monoisotopic (exact) mass is 457 g/mol. The zero-order valence-corrected chi connectivity index (χ0v) is 21.5. The van der Waals surface area contributed by atoms with E-state index in [0.717, 1.165) is 11.4 Å². The molecule has 166 valence electrons. The van der Waals surface area contributed by atoms with Gasteiger partial charge in [0, 0.05) is 22.3 Å². The molecule has 0 radical (unpaired) electrons. The highest BCUT2D eigenvalue weighted by Crippen LogP contribution is 2.36. The maximum absolute atomic E-state index is 6.93. The van der Waals surface area contributed by atoms with E-state index in [2.05, 4.69) is 107 Å². The standard InChI is InChI=1S/C27H35Cl2N2/c1-16(2)20-11-9-12-21(17(3)4)24(20)30-15-31(27(29)26(30)28)25-22(18(5)6)13-10-14-23(25)19(7)8/h9-19H,1-8H3/q+1. The molecule has 0 atom stereocenters. The Bertz CT molecular complexity index is 939. The number of halogens is 2. The Morgan fingerprint density at radius 1 is 0.645 bits per heavy atom. The van der Waals surface area contributed by atoms with Gasteiger partial charge in [0.1, 0.15) is 11.4 Å². The molecule has 2 aromatic carbocycles. The summed E-state index contributed by atoms with van der Waals surface area (Å²) < 4.78 is 4.16. The van der Waals surface area contributed by atoms with E-state index in [9.17, 15) is 0 Å². The van der Waals surface area contributed by atoms with Crippen LogP contribution >= 0.6 is 23.2 Å². The van der Waals surface area contributed by atoms with Crippen molar-refractivity contribution in [3.63, 3.8) is 0 Å². The van der Waals surface area contributed by atoms with Crippen LogP contribution in [0.5, 0.6) is 0 Å². The Balaban J connectivity index is 2.38. The minimum atomic E-state index is 0.369. The molecule has 0 aliphatic carbocycles. The topological polar surface area (TPSA) is 8.81 Å². The van der Waals surface area contributed by atoms with Gasteiger partial charge in [-0.3, -0.25) is 0 Å². The minimum absolute atomic E-state index is 0.369. The van der Waals surface area contributed by atoms with E-state index >= 15 is 0 Å². The molecule has 0 N–H and O–H groups in total. The number of imidazole rings is 1. The van der Waals surface area contributed by atoms with Gasteiger partial charge in [-0.2, -0.15) is 9.13 Å². The third-order valence-corrected chi connectivity index (χ3v) is 6.81. The summed E-state index contributed by atoms with van der Waals surface area (Å²) in [5.74, 6) is 1.48. The summed E-state index contributed by atoms with van der Waals surface area (Å²) in [6.45, 7) is 17.8. The van der Waals surface area contributed by atoms with Gasteiger partial charge in [-0.1, -0.05) is 91.8 Å². The molecular formula is C27H35Cl2N2+. The molecular weight excluding hydrogens is 423 g/mol. The Morgan fingerprint density at radius 3 is 1.42 bits per heavy atom. The van der Waals surface area contributed by atoms with E-state index in [1.807, 2.05) is 0 Å². The largest absolute Gasteiger partial charge is 0.260 e. The number of aromatic nitrogens is 2. The fraction of sp³-hybridized carbons (Fsp3) is 0.444. The molecule has 0 amide bonds. The lowest BCUT2D eigenvalue weighted by Gasteiger charge is -2.17. The molecule has 0 spiro atoms. The molecule has 3 aromatic rings. The van der Waals surface area contributed by atoms with Crippen LogP contribution in [0.1, 0.15) is 101 Å². The maximum atomic E-state index is 6.93. The maximum Gasteiger partial charge on any atom is 0.260 e. The normalized spacial score (nSPS) is 12.1. The lowest BCUT2D eigenvalue weighted by Crippen LogP contribution is -2.33. The van der Waals surface area contributed by atoms with Crippen LogP contribution in [0.25, 0.3) is 11.4 Å². The van der Waals surface area contributed by atoms with Crippen LogP contribution in [-0.2, 0) is 0 Å². The highest BCUT2D eigenvalue weighted by molar-refractivity contribution is 6.40. The molecule has 1 aromatic heterocycles. The molecule has 3 rings (SSSR count). The van der Waals surface area contributed by atoms with Crippen LogP contribution in [0, 0.1) is 0 Å². The summed E-state index contributed by atoms with van der Waals surface area (Å²) in [6.07, 6.45) is 2.07. The number of para-hydroxylation sites is 2. The van der Waals surface area contributed by atoms with Crippen molar-refractivity contribution in [3.05, 3.63) is 75.3 Å². The van der Waals surface area contributed by atoms with Crippen molar-refractivity contribution in [3.8, 4) is 11.4 Å². The summed E-state index contributed by atoms with van der Waals surface area (Å²) in [4.78, 5) is 0. The minimum Gasteiger partial charge on any atom is -0.183 e. The van der Waals surface area contributed by atoms with Gasteiger partial charge >= 0.3 is 0 Å². The van der Waals surface area contributed by atoms with Crippen LogP contribution in [0.4, 0.5) is 0 Å². The van der Waals surface area contributed by atoms with E-state index in [1.54, 1.807) is 0 Å². The molecule has 31 heavy (non-hydrogen) atoms. The lowest BCUT2D eigenvalue weighted by atomic mass is 9.92. The SMILES string of the molecule is CC(C)c1cccc(C(C)C)c1-n1c[n+](-c2c(C(C)C)cccc2C(C)C)c(Cl)c1Cl. The summed E-state index contributed by atoms with van der Waals surface area (Å²) in [7, 11) is 0. The second kappa shape index (κ2) is 9.38. The van der Waals surface area contributed by atoms with Crippen molar-refractivity contribution < 1.29 is 4.57 Å². The first-order valence-electron chi connectivity index (χ1n) is 11.3. The first kappa shape index (κ1) is 23.9. The second-order valence-electron chi connectivity index (χ2n) is 9.63. The van der Waals surface area contributed by atoms with Gasteiger partial charge in [0.2, 0.25) is 0 Å². The molecule has 0 saturated carbocycles. The van der Waals surface area contributed by atoms with E-state index in [4.69, 9.17) is 23.2 Å². The van der Waals surface area contributed by atoms with Crippen molar-refractivity contribution in [2.75, 3.05) is 0 Å². The van der Waals surface area contributed by atoms with Crippen molar-refractivity contribution >= 4 is 23.2 Å². The lowest BCUT2D eigenvalue weighted by molar-refractivity contribution is -0.593. The van der Waals surface area contributed by atoms with Crippen molar-refractivity contribution in [2.24, 2.45) is 0 Å². The predicted molar refractivity (Wildman–Crippen MR) is 134 cm³/mol. The average Bonchev–Trinajstić information content (AvgIpc) is 3.00. The van der Waals surface area contributed by atoms with Crippen molar-refractivity contribution in [1.29, 1.82) is 0 Å². The molecule has 0 fully saturated rings. The third kappa shape index (κ3) is 4.43. The van der Waals surface area contributed by atoms with Gasteiger partial charge in [-0.25, -0.2) is 0 Å². The van der Waals surface area contributed by atoms with Gasteiger partial charge in [0.25, 0.3) is 16.6 Å². The van der Waals surface area contributed by atoms with Crippen LogP contribution in [-0.4, -0.2) is 4.57 Å². The number of hydrogen-bond acceptors (Lipinski definition) is 0. The molecule has 0 unspecified atom stereocenters. The smallest absolute Gasteiger partial charge is 0.183 e. The summed E-state index contributed by atoms with van der Waals surface area (Å²) >= 11 is 13.9. The van der Waals surface area contributed by atoms with Crippen LogP contribution in [0.2, 0.25) is 10.3 Å². The van der Waals surface area contributed by atoms with Crippen molar-refractivity contribution in [2.45, 2.75) is 79.1 Å². The fourth-order valence-corrected chi connectivity index (χ4v) is 4.75. The summed E-state index contributed by atoms with van der Waals surface area (Å²) in [5.41, 5.74) is 7.38. The number of benzene rings is 2. The van der Waals surface area contributed by atoms with Crippen LogP contribution < -0.4 is 4.57 Å². The van der Waals surface area contributed by atoms with Gasteiger partial charge in [0.15, 0.2) is 0 Å². The average molecular weight is 458 g/mol. The molecule has 0 aliphatic heterocycles. The second-order valence-corrected chi connectivity index (χ2v) is 10.3. The Hall–Kier alpha value is -1.77. The zero-order chi connectivity index (χ0) is 23.0.